The van der Waals surface area contributed by atoms with Crippen molar-refractivity contribution in [3.8, 4) is 0 Å². The standard InChI is InChI=1S/C13H20N2O3/c1-9(2)5-7-18-10(3)13(17)15-11-8-14-6-4-12(11)16/h4,6,8-10H,5,7H2,1-3H3,(H,14,16)(H,15,17). The van der Waals surface area contributed by atoms with Gasteiger partial charge in [-0.1, -0.05) is 13.8 Å². The fourth-order valence-electron chi connectivity index (χ4n) is 1.30. The normalized spacial score (nSPS) is 12.4. The number of anilines is 1. The van der Waals surface area contributed by atoms with Crippen molar-refractivity contribution in [1.82, 2.24) is 4.98 Å². The second-order valence-electron chi connectivity index (χ2n) is 4.61. The highest BCUT2D eigenvalue weighted by atomic mass is 16.5. The summed E-state index contributed by atoms with van der Waals surface area (Å²) in [6, 6.07) is 1.36. The number of aromatic nitrogens is 1. The van der Waals surface area contributed by atoms with Crippen molar-refractivity contribution in [2.24, 2.45) is 5.92 Å². The zero-order valence-electron chi connectivity index (χ0n) is 11.0. The first-order valence-corrected chi connectivity index (χ1v) is 6.10. The fourth-order valence-corrected chi connectivity index (χ4v) is 1.30. The number of H-pyrrole nitrogens is 1. The minimum atomic E-state index is -0.566. The van der Waals surface area contributed by atoms with Crippen molar-refractivity contribution in [1.29, 1.82) is 0 Å². The van der Waals surface area contributed by atoms with Crippen LogP contribution in [0.15, 0.2) is 23.3 Å². The molecule has 0 saturated carbocycles. The maximum Gasteiger partial charge on any atom is 0.253 e. The first-order valence-electron chi connectivity index (χ1n) is 6.10. The van der Waals surface area contributed by atoms with E-state index >= 15 is 0 Å². The summed E-state index contributed by atoms with van der Waals surface area (Å²) in [7, 11) is 0. The Labute approximate surface area is 107 Å². The van der Waals surface area contributed by atoms with E-state index in [1.165, 1.54) is 18.5 Å². The summed E-state index contributed by atoms with van der Waals surface area (Å²) in [5, 5.41) is 2.54. The Kier molecular flexibility index (Phi) is 5.58. The van der Waals surface area contributed by atoms with E-state index < -0.39 is 6.10 Å². The molecule has 5 heteroatoms. The molecule has 1 rings (SSSR count). The molecule has 0 aliphatic heterocycles. The summed E-state index contributed by atoms with van der Waals surface area (Å²) >= 11 is 0. The van der Waals surface area contributed by atoms with Gasteiger partial charge in [-0.2, -0.15) is 0 Å². The van der Waals surface area contributed by atoms with Crippen molar-refractivity contribution in [2.75, 3.05) is 11.9 Å². The van der Waals surface area contributed by atoms with Crippen LogP contribution < -0.4 is 10.7 Å². The van der Waals surface area contributed by atoms with Gasteiger partial charge in [-0.15, -0.1) is 0 Å². The highest BCUT2D eigenvalue weighted by Gasteiger charge is 2.14. The van der Waals surface area contributed by atoms with Gasteiger partial charge in [-0.05, 0) is 19.3 Å². The quantitative estimate of drug-likeness (QED) is 0.810. The third kappa shape index (κ3) is 4.71. The Hall–Kier alpha value is -1.62. The van der Waals surface area contributed by atoms with Gasteiger partial charge in [0.05, 0.1) is 0 Å². The van der Waals surface area contributed by atoms with E-state index in [9.17, 15) is 9.59 Å². The zero-order chi connectivity index (χ0) is 13.5. The fraction of sp³-hybridized carbons (Fsp3) is 0.538. The van der Waals surface area contributed by atoms with Gasteiger partial charge in [0.1, 0.15) is 11.8 Å². The lowest BCUT2D eigenvalue weighted by atomic mass is 10.1. The van der Waals surface area contributed by atoms with Crippen LogP contribution in [-0.4, -0.2) is 23.6 Å². The van der Waals surface area contributed by atoms with Crippen molar-refractivity contribution in [3.05, 3.63) is 28.7 Å². The Morgan fingerprint density at radius 3 is 2.78 bits per heavy atom. The van der Waals surface area contributed by atoms with Gasteiger partial charge in [0, 0.05) is 25.1 Å². The minimum absolute atomic E-state index is 0.225. The highest BCUT2D eigenvalue weighted by molar-refractivity contribution is 5.93. The van der Waals surface area contributed by atoms with Gasteiger partial charge < -0.3 is 15.0 Å². The molecule has 1 aromatic rings. The topological polar surface area (TPSA) is 71.2 Å². The number of carbonyl (C=O) groups excluding carboxylic acids is 1. The zero-order valence-corrected chi connectivity index (χ0v) is 11.0. The Balaban J connectivity index is 2.45. The van der Waals surface area contributed by atoms with E-state index in [1.54, 1.807) is 6.92 Å². The third-order valence-electron chi connectivity index (χ3n) is 2.51. The van der Waals surface area contributed by atoms with Crippen LogP contribution in [0.5, 0.6) is 0 Å². The molecule has 0 radical (unpaired) electrons. The second kappa shape index (κ2) is 6.96. The van der Waals surface area contributed by atoms with Gasteiger partial charge in [0.15, 0.2) is 0 Å². The molecular weight excluding hydrogens is 232 g/mol. The van der Waals surface area contributed by atoms with Crippen LogP contribution in [0.25, 0.3) is 0 Å². The van der Waals surface area contributed by atoms with Crippen LogP contribution in [0.3, 0.4) is 0 Å². The average molecular weight is 252 g/mol. The molecule has 1 atom stereocenters. The SMILES string of the molecule is CC(C)CCOC(C)C(=O)Nc1c[nH]ccc1=O. The van der Waals surface area contributed by atoms with E-state index in [-0.39, 0.29) is 17.0 Å². The molecule has 0 aliphatic rings. The number of aromatic amines is 1. The molecule has 1 heterocycles. The number of rotatable bonds is 6. The first kappa shape index (κ1) is 14.4. The molecule has 0 aromatic carbocycles. The van der Waals surface area contributed by atoms with E-state index in [4.69, 9.17) is 4.74 Å². The smallest absolute Gasteiger partial charge is 0.253 e. The van der Waals surface area contributed by atoms with Crippen molar-refractivity contribution >= 4 is 11.6 Å². The lowest BCUT2D eigenvalue weighted by molar-refractivity contribution is -0.126. The van der Waals surface area contributed by atoms with Gasteiger partial charge >= 0.3 is 0 Å². The maximum absolute atomic E-state index is 11.8. The Morgan fingerprint density at radius 1 is 1.44 bits per heavy atom. The van der Waals surface area contributed by atoms with Crippen molar-refractivity contribution in [2.45, 2.75) is 33.3 Å². The number of carbonyl (C=O) groups is 1. The predicted octanol–water partition coefficient (Wildman–Crippen LogP) is 1.76. The van der Waals surface area contributed by atoms with E-state index in [1.807, 2.05) is 0 Å². The van der Waals surface area contributed by atoms with E-state index in [0.717, 1.165) is 6.42 Å². The summed E-state index contributed by atoms with van der Waals surface area (Å²) in [5.74, 6) is 0.229. The van der Waals surface area contributed by atoms with Crippen LogP contribution in [0.1, 0.15) is 27.2 Å². The number of hydrogen-bond acceptors (Lipinski definition) is 3. The number of hydrogen-bond donors (Lipinski definition) is 2. The molecule has 0 saturated heterocycles. The lowest BCUT2D eigenvalue weighted by Crippen LogP contribution is -2.30. The van der Waals surface area contributed by atoms with Gasteiger partial charge in [-0.3, -0.25) is 9.59 Å². The molecular formula is C13H20N2O3. The van der Waals surface area contributed by atoms with Gasteiger partial charge in [-0.25, -0.2) is 0 Å². The molecule has 5 nitrogen and oxygen atoms in total. The Bertz CT molecular complexity index is 440. The maximum atomic E-state index is 11.8. The second-order valence-corrected chi connectivity index (χ2v) is 4.61. The average Bonchev–Trinajstić information content (AvgIpc) is 2.31. The summed E-state index contributed by atoms with van der Waals surface area (Å²) in [6.07, 6.45) is 3.31. The molecule has 1 aromatic heterocycles. The molecule has 0 aliphatic carbocycles. The van der Waals surface area contributed by atoms with Crippen LogP contribution in [0.4, 0.5) is 5.69 Å². The molecule has 0 fully saturated rings. The third-order valence-corrected chi connectivity index (χ3v) is 2.51. The van der Waals surface area contributed by atoms with Crippen LogP contribution in [0.2, 0.25) is 0 Å². The number of amides is 1. The molecule has 100 valence electrons. The summed E-state index contributed by atoms with van der Waals surface area (Å²) in [4.78, 5) is 25.9. The summed E-state index contributed by atoms with van der Waals surface area (Å²) in [5.41, 5.74) is 0.0123. The first-order chi connectivity index (χ1) is 8.50. The molecule has 1 amide bonds. The molecule has 2 N–H and O–H groups in total. The summed E-state index contributed by atoms with van der Waals surface area (Å²) in [6.45, 7) is 6.40. The number of pyridine rings is 1. The van der Waals surface area contributed by atoms with E-state index in [0.29, 0.717) is 12.5 Å². The predicted molar refractivity (Wildman–Crippen MR) is 70.6 cm³/mol. The number of nitrogens with one attached hydrogen (secondary N) is 2. The lowest BCUT2D eigenvalue weighted by Gasteiger charge is -2.13. The molecule has 0 bridgehead atoms. The van der Waals surface area contributed by atoms with Crippen LogP contribution in [-0.2, 0) is 9.53 Å². The molecule has 18 heavy (non-hydrogen) atoms. The van der Waals surface area contributed by atoms with Crippen molar-refractivity contribution in [3.63, 3.8) is 0 Å². The van der Waals surface area contributed by atoms with Crippen molar-refractivity contribution < 1.29 is 9.53 Å². The van der Waals surface area contributed by atoms with Crippen LogP contribution >= 0.6 is 0 Å². The molecule has 0 spiro atoms. The Morgan fingerprint density at radius 2 is 2.17 bits per heavy atom. The van der Waals surface area contributed by atoms with Crippen LogP contribution in [0, 0.1) is 5.92 Å². The van der Waals surface area contributed by atoms with Gasteiger partial charge in [0.2, 0.25) is 5.43 Å². The molecule has 1 unspecified atom stereocenters. The summed E-state index contributed by atoms with van der Waals surface area (Å²) < 4.78 is 5.40. The van der Waals surface area contributed by atoms with E-state index in [2.05, 4.69) is 24.1 Å². The minimum Gasteiger partial charge on any atom is -0.369 e. The number of ether oxygens (including phenoxy) is 1. The largest absolute Gasteiger partial charge is 0.369 e. The van der Waals surface area contributed by atoms with Gasteiger partial charge in [0.25, 0.3) is 5.91 Å². The highest BCUT2D eigenvalue weighted by Crippen LogP contribution is 2.03. The monoisotopic (exact) mass is 252 g/mol.